The third-order valence-electron chi connectivity index (χ3n) is 4.69. The molecule has 1 aromatic rings. The van der Waals surface area contributed by atoms with Gasteiger partial charge in [0, 0.05) is 19.6 Å². The first-order valence-electron chi connectivity index (χ1n) is 7.55. The second kappa shape index (κ2) is 6.05. The molecule has 2 aliphatic heterocycles. The van der Waals surface area contributed by atoms with Crippen molar-refractivity contribution < 1.29 is 0 Å². The molecule has 0 bridgehead atoms. The molecule has 1 N–H and O–H groups in total. The summed E-state index contributed by atoms with van der Waals surface area (Å²) in [6.45, 7) is 13.0. The predicted octanol–water partition coefficient (Wildman–Crippen LogP) is 3.06. The van der Waals surface area contributed by atoms with Crippen LogP contribution >= 0.6 is 12.4 Å². The molecular weight excluding hydrogens is 268 g/mol. The fraction of sp³-hybridized carbons (Fsp3) is 0.647. The van der Waals surface area contributed by atoms with Crippen LogP contribution in [-0.4, -0.2) is 31.1 Å². The van der Waals surface area contributed by atoms with Crippen molar-refractivity contribution in [1.82, 2.24) is 10.2 Å². The molecule has 0 saturated carbocycles. The second-order valence-electron chi connectivity index (χ2n) is 7.32. The van der Waals surface area contributed by atoms with Crippen LogP contribution in [0.5, 0.6) is 0 Å². The van der Waals surface area contributed by atoms with Gasteiger partial charge in [0.1, 0.15) is 0 Å². The molecule has 2 aliphatic rings. The zero-order chi connectivity index (χ0) is 13.5. The predicted molar refractivity (Wildman–Crippen MR) is 87.5 cm³/mol. The number of nitrogens with one attached hydrogen (secondary N) is 1. The molecule has 0 amide bonds. The number of benzene rings is 1. The molecule has 2 nitrogen and oxygen atoms in total. The van der Waals surface area contributed by atoms with Gasteiger partial charge in [-0.3, -0.25) is 4.90 Å². The first-order chi connectivity index (χ1) is 9.02. The van der Waals surface area contributed by atoms with E-state index < -0.39 is 0 Å². The SMILES string of the molecule is CC(C)(C)c1ccc(CN2C[C@H]3CNC[C@H]3C2)cc1.Cl. The maximum absolute atomic E-state index is 3.51. The normalized spacial score (nSPS) is 26.4. The Labute approximate surface area is 129 Å². The van der Waals surface area contributed by atoms with E-state index in [1.54, 1.807) is 0 Å². The summed E-state index contributed by atoms with van der Waals surface area (Å²) in [7, 11) is 0. The van der Waals surface area contributed by atoms with E-state index in [0.717, 1.165) is 18.4 Å². The Morgan fingerprint density at radius 2 is 1.60 bits per heavy atom. The third kappa shape index (κ3) is 3.36. The third-order valence-corrected chi connectivity index (χ3v) is 4.69. The molecule has 2 atom stereocenters. The van der Waals surface area contributed by atoms with Crippen LogP contribution in [0.25, 0.3) is 0 Å². The van der Waals surface area contributed by atoms with Gasteiger partial charge in [-0.2, -0.15) is 0 Å². The van der Waals surface area contributed by atoms with Crippen LogP contribution < -0.4 is 5.32 Å². The van der Waals surface area contributed by atoms with Crippen molar-refractivity contribution in [2.75, 3.05) is 26.2 Å². The van der Waals surface area contributed by atoms with Crippen LogP contribution in [0.4, 0.5) is 0 Å². The Morgan fingerprint density at radius 3 is 2.10 bits per heavy atom. The number of likely N-dealkylation sites (tertiary alicyclic amines) is 1. The fourth-order valence-corrected chi connectivity index (χ4v) is 3.45. The molecule has 0 aromatic heterocycles. The highest BCUT2D eigenvalue weighted by atomic mass is 35.5. The first-order valence-corrected chi connectivity index (χ1v) is 7.55. The van der Waals surface area contributed by atoms with Crippen LogP contribution in [0, 0.1) is 11.8 Å². The van der Waals surface area contributed by atoms with Gasteiger partial charge in [0.05, 0.1) is 0 Å². The first kappa shape index (κ1) is 15.8. The molecule has 0 aliphatic carbocycles. The van der Waals surface area contributed by atoms with E-state index >= 15 is 0 Å². The smallest absolute Gasteiger partial charge is 0.0233 e. The van der Waals surface area contributed by atoms with Crippen LogP contribution in [0.15, 0.2) is 24.3 Å². The zero-order valence-electron chi connectivity index (χ0n) is 12.9. The van der Waals surface area contributed by atoms with Gasteiger partial charge in [0.25, 0.3) is 0 Å². The molecule has 0 unspecified atom stereocenters. The number of hydrogen-bond acceptors (Lipinski definition) is 2. The number of halogens is 1. The molecule has 3 heteroatoms. The number of rotatable bonds is 2. The van der Waals surface area contributed by atoms with Crippen molar-refractivity contribution in [3.8, 4) is 0 Å². The van der Waals surface area contributed by atoms with Crippen molar-refractivity contribution in [2.45, 2.75) is 32.7 Å². The molecule has 2 fully saturated rings. The van der Waals surface area contributed by atoms with Crippen LogP contribution in [0.1, 0.15) is 31.9 Å². The Kier molecular flexibility index (Phi) is 4.78. The molecule has 3 rings (SSSR count). The highest BCUT2D eigenvalue weighted by molar-refractivity contribution is 5.85. The summed E-state index contributed by atoms with van der Waals surface area (Å²) in [6.07, 6.45) is 0. The summed E-state index contributed by atoms with van der Waals surface area (Å²) >= 11 is 0. The lowest BCUT2D eigenvalue weighted by atomic mass is 9.87. The quantitative estimate of drug-likeness (QED) is 0.902. The zero-order valence-corrected chi connectivity index (χ0v) is 13.7. The molecule has 112 valence electrons. The van der Waals surface area contributed by atoms with E-state index in [4.69, 9.17) is 0 Å². The van der Waals surface area contributed by atoms with Gasteiger partial charge >= 0.3 is 0 Å². The summed E-state index contributed by atoms with van der Waals surface area (Å²) in [5.41, 5.74) is 3.15. The van der Waals surface area contributed by atoms with Crippen molar-refractivity contribution in [3.05, 3.63) is 35.4 Å². The molecule has 1 aromatic carbocycles. The van der Waals surface area contributed by atoms with E-state index in [0.29, 0.717) is 0 Å². The Morgan fingerprint density at radius 1 is 1.05 bits per heavy atom. The highest BCUT2D eigenvalue weighted by Crippen LogP contribution is 2.28. The standard InChI is InChI=1S/C17H26N2.ClH/c1-17(2,3)16-6-4-13(5-7-16)10-19-11-14-8-18-9-15(14)12-19;/h4-7,14-15,18H,8-12H2,1-3H3;1H/t14-,15+;. The molecule has 2 saturated heterocycles. The average molecular weight is 295 g/mol. The average Bonchev–Trinajstić information content (AvgIpc) is 2.89. The molecule has 20 heavy (non-hydrogen) atoms. The van der Waals surface area contributed by atoms with Crippen molar-refractivity contribution in [3.63, 3.8) is 0 Å². The Bertz CT molecular complexity index is 423. The van der Waals surface area contributed by atoms with Gasteiger partial charge in [-0.05, 0) is 41.5 Å². The minimum Gasteiger partial charge on any atom is -0.316 e. The van der Waals surface area contributed by atoms with Crippen molar-refractivity contribution in [1.29, 1.82) is 0 Å². The van der Waals surface area contributed by atoms with E-state index in [-0.39, 0.29) is 17.8 Å². The summed E-state index contributed by atoms with van der Waals surface area (Å²) in [5.74, 6) is 1.79. The van der Waals surface area contributed by atoms with E-state index in [1.165, 1.54) is 37.3 Å². The van der Waals surface area contributed by atoms with Gasteiger partial charge < -0.3 is 5.32 Å². The lowest BCUT2D eigenvalue weighted by molar-refractivity contribution is 0.305. The number of fused-ring (bicyclic) bond motifs is 1. The van der Waals surface area contributed by atoms with Gasteiger partial charge in [-0.15, -0.1) is 12.4 Å². The molecule has 0 spiro atoms. The van der Waals surface area contributed by atoms with Crippen molar-refractivity contribution >= 4 is 12.4 Å². The summed E-state index contributed by atoms with van der Waals surface area (Å²) < 4.78 is 0. The Balaban J connectivity index is 0.00000147. The lowest BCUT2D eigenvalue weighted by Gasteiger charge is -2.21. The monoisotopic (exact) mass is 294 g/mol. The highest BCUT2D eigenvalue weighted by Gasteiger charge is 2.35. The van der Waals surface area contributed by atoms with Gasteiger partial charge in [0.15, 0.2) is 0 Å². The van der Waals surface area contributed by atoms with Crippen LogP contribution in [-0.2, 0) is 12.0 Å². The lowest BCUT2D eigenvalue weighted by Crippen LogP contribution is -2.25. The molecule has 0 radical (unpaired) electrons. The largest absolute Gasteiger partial charge is 0.316 e. The van der Waals surface area contributed by atoms with Gasteiger partial charge in [0.2, 0.25) is 0 Å². The van der Waals surface area contributed by atoms with E-state index in [9.17, 15) is 0 Å². The molecular formula is C17H27ClN2. The minimum absolute atomic E-state index is 0. The van der Waals surface area contributed by atoms with Crippen LogP contribution in [0.2, 0.25) is 0 Å². The van der Waals surface area contributed by atoms with E-state index in [1.807, 2.05) is 0 Å². The molecule has 2 heterocycles. The van der Waals surface area contributed by atoms with E-state index in [2.05, 4.69) is 55.3 Å². The van der Waals surface area contributed by atoms with Gasteiger partial charge in [-0.1, -0.05) is 45.0 Å². The van der Waals surface area contributed by atoms with Crippen LogP contribution in [0.3, 0.4) is 0 Å². The van der Waals surface area contributed by atoms with Crippen molar-refractivity contribution in [2.24, 2.45) is 11.8 Å². The fourth-order valence-electron chi connectivity index (χ4n) is 3.45. The number of hydrogen-bond donors (Lipinski definition) is 1. The summed E-state index contributed by atoms with van der Waals surface area (Å²) in [6, 6.07) is 9.22. The second-order valence-corrected chi connectivity index (χ2v) is 7.32. The van der Waals surface area contributed by atoms with Gasteiger partial charge in [-0.25, -0.2) is 0 Å². The number of nitrogens with zero attached hydrogens (tertiary/aromatic N) is 1. The summed E-state index contributed by atoms with van der Waals surface area (Å²) in [5, 5.41) is 3.51. The summed E-state index contributed by atoms with van der Waals surface area (Å²) in [4.78, 5) is 2.63. The maximum atomic E-state index is 3.51. The Hall–Kier alpha value is -0.570. The maximum Gasteiger partial charge on any atom is 0.0233 e. The topological polar surface area (TPSA) is 15.3 Å². The minimum atomic E-state index is 0.